The largest absolute Gasteiger partial charge is 0.508 e. The number of nitrogens with one attached hydrogen (secondary N) is 1. The Morgan fingerprint density at radius 1 is 1.23 bits per heavy atom. The average Bonchev–Trinajstić information content (AvgIpc) is 3.09. The molecule has 0 radical (unpaired) electrons. The number of methoxy groups -OCH3 is 1. The summed E-state index contributed by atoms with van der Waals surface area (Å²) in [6.45, 7) is 10.6. The molecule has 1 heterocycles. The van der Waals surface area contributed by atoms with Gasteiger partial charge in [0, 0.05) is 5.56 Å². The summed E-state index contributed by atoms with van der Waals surface area (Å²) < 4.78 is 15.5. The van der Waals surface area contributed by atoms with Gasteiger partial charge in [0.2, 0.25) is 0 Å². The van der Waals surface area contributed by atoms with Crippen LogP contribution in [0.25, 0.3) is 0 Å². The molecule has 2 rings (SSSR count). The Morgan fingerprint density at radius 2 is 1.87 bits per heavy atom. The summed E-state index contributed by atoms with van der Waals surface area (Å²) in [7, 11) is 1.19. The number of hydrogen-bond donors (Lipinski definition) is 3. The van der Waals surface area contributed by atoms with Crippen molar-refractivity contribution in [3.63, 3.8) is 0 Å². The predicted molar refractivity (Wildman–Crippen MR) is 112 cm³/mol. The van der Waals surface area contributed by atoms with Crippen LogP contribution < -0.4 is 5.32 Å². The number of ether oxygens (including phenoxy) is 2. The van der Waals surface area contributed by atoms with Crippen molar-refractivity contribution >= 4 is 12.1 Å². The van der Waals surface area contributed by atoms with Crippen LogP contribution in [0.4, 0.5) is 4.79 Å². The minimum absolute atomic E-state index is 0.0916. The standard InChI is InChI=1S/C22H30N2O7/c1-11(2)16(23-21(28)30-22(4,5)6)17-15(20(27)29-7)19(31-24-17)18(26)13-10-12(3)8-9-14(13)25/h8-11,16,18,25-26H,1-7H3,(H,23,28). The molecule has 0 aliphatic rings. The molecule has 2 aromatic rings. The molecule has 9 heteroatoms. The van der Waals surface area contributed by atoms with Gasteiger partial charge in [0.05, 0.1) is 13.2 Å². The highest BCUT2D eigenvalue weighted by Crippen LogP contribution is 2.36. The lowest BCUT2D eigenvalue weighted by Gasteiger charge is -2.25. The molecule has 0 fully saturated rings. The highest BCUT2D eigenvalue weighted by atomic mass is 16.6. The van der Waals surface area contributed by atoms with E-state index in [1.54, 1.807) is 39.8 Å². The molecule has 1 amide bonds. The molecule has 2 unspecified atom stereocenters. The zero-order valence-corrected chi connectivity index (χ0v) is 18.8. The van der Waals surface area contributed by atoms with Crippen LogP contribution in [-0.2, 0) is 9.47 Å². The molecular formula is C22H30N2O7. The summed E-state index contributed by atoms with van der Waals surface area (Å²) in [5, 5.41) is 27.7. The third-order valence-corrected chi connectivity index (χ3v) is 4.49. The van der Waals surface area contributed by atoms with Gasteiger partial charge in [-0.1, -0.05) is 30.6 Å². The average molecular weight is 434 g/mol. The van der Waals surface area contributed by atoms with Crippen LogP contribution in [0.15, 0.2) is 22.7 Å². The zero-order chi connectivity index (χ0) is 23.5. The van der Waals surface area contributed by atoms with Gasteiger partial charge >= 0.3 is 12.1 Å². The minimum atomic E-state index is -1.48. The summed E-state index contributed by atoms with van der Waals surface area (Å²) in [6.07, 6.45) is -2.17. The molecule has 1 aromatic heterocycles. The van der Waals surface area contributed by atoms with E-state index in [4.69, 9.17) is 14.0 Å². The van der Waals surface area contributed by atoms with Crippen molar-refractivity contribution in [3.8, 4) is 5.75 Å². The summed E-state index contributed by atoms with van der Waals surface area (Å²) in [5.74, 6) is -1.37. The van der Waals surface area contributed by atoms with Crippen LogP contribution in [-0.4, -0.2) is 40.1 Å². The number of aryl methyl sites for hydroxylation is 1. The van der Waals surface area contributed by atoms with E-state index in [1.807, 2.05) is 13.8 Å². The van der Waals surface area contributed by atoms with Gasteiger partial charge in [-0.25, -0.2) is 9.59 Å². The van der Waals surface area contributed by atoms with Crippen LogP contribution in [0.5, 0.6) is 5.75 Å². The number of hydrogen-bond acceptors (Lipinski definition) is 8. The minimum Gasteiger partial charge on any atom is -0.508 e. The number of amides is 1. The van der Waals surface area contributed by atoms with Crippen molar-refractivity contribution in [2.75, 3.05) is 7.11 Å². The maximum Gasteiger partial charge on any atom is 0.408 e. The maximum absolute atomic E-state index is 12.6. The summed E-state index contributed by atoms with van der Waals surface area (Å²) in [4.78, 5) is 25.0. The van der Waals surface area contributed by atoms with Gasteiger partial charge in [0.1, 0.15) is 28.7 Å². The highest BCUT2D eigenvalue weighted by Gasteiger charge is 2.36. The van der Waals surface area contributed by atoms with E-state index >= 15 is 0 Å². The second kappa shape index (κ2) is 9.38. The Bertz CT molecular complexity index is 944. The monoisotopic (exact) mass is 434 g/mol. The van der Waals surface area contributed by atoms with E-state index in [0.717, 1.165) is 5.56 Å². The third-order valence-electron chi connectivity index (χ3n) is 4.49. The van der Waals surface area contributed by atoms with Crippen LogP contribution in [0.3, 0.4) is 0 Å². The molecule has 0 spiro atoms. The first-order valence-corrected chi connectivity index (χ1v) is 9.90. The fraction of sp³-hybridized carbons (Fsp3) is 0.500. The fourth-order valence-corrected chi connectivity index (χ4v) is 3.04. The number of phenols is 1. The topological polar surface area (TPSA) is 131 Å². The number of esters is 1. The van der Waals surface area contributed by atoms with Gasteiger partial charge in [0.25, 0.3) is 0 Å². The number of alkyl carbamates (subject to hydrolysis) is 1. The van der Waals surface area contributed by atoms with Crippen LogP contribution >= 0.6 is 0 Å². The molecule has 0 saturated carbocycles. The van der Waals surface area contributed by atoms with Gasteiger partial charge < -0.3 is 29.5 Å². The van der Waals surface area contributed by atoms with E-state index in [0.29, 0.717) is 0 Å². The Kier molecular flexibility index (Phi) is 7.32. The smallest absolute Gasteiger partial charge is 0.408 e. The molecule has 3 N–H and O–H groups in total. The highest BCUT2D eigenvalue weighted by molar-refractivity contribution is 5.92. The lowest BCUT2D eigenvalue weighted by Crippen LogP contribution is -2.37. The third kappa shape index (κ3) is 5.75. The Labute approximate surface area is 181 Å². The molecule has 0 saturated heterocycles. The molecule has 0 aliphatic carbocycles. The van der Waals surface area contributed by atoms with Gasteiger partial charge in [0.15, 0.2) is 5.76 Å². The van der Waals surface area contributed by atoms with Crippen molar-refractivity contribution in [1.29, 1.82) is 0 Å². The summed E-state index contributed by atoms with van der Waals surface area (Å²) in [5.41, 5.74) is 0.191. The number of aliphatic hydroxyl groups is 1. The number of aromatic hydroxyl groups is 1. The van der Waals surface area contributed by atoms with Crippen LogP contribution in [0.1, 0.15) is 79.7 Å². The number of carbonyl (C=O) groups excluding carboxylic acids is 2. The Balaban J connectivity index is 2.52. The first kappa shape index (κ1) is 24.2. The molecule has 0 bridgehead atoms. The number of carbonyl (C=O) groups is 2. The first-order valence-electron chi connectivity index (χ1n) is 9.90. The van der Waals surface area contributed by atoms with E-state index in [2.05, 4.69) is 10.5 Å². The normalized spacial score (nSPS) is 13.6. The molecule has 170 valence electrons. The van der Waals surface area contributed by atoms with Gasteiger partial charge in [-0.2, -0.15) is 0 Å². The van der Waals surface area contributed by atoms with E-state index < -0.39 is 29.8 Å². The molecule has 9 nitrogen and oxygen atoms in total. The van der Waals surface area contributed by atoms with Crippen molar-refractivity contribution in [3.05, 3.63) is 46.3 Å². The summed E-state index contributed by atoms with van der Waals surface area (Å²) in [6, 6.07) is 3.92. The molecule has 2 atom stereocenters. The number of aliphatic hydroxyl groups excluding tert-OH is 1. The van der Waals surface area contributed by atoms with Crippen molar-refractivity contribution < 1.29 is 33.8 Å². The number of rotatable bonds is 6. The number of nitrogens with zero attached hydrogens (tertiary/aromatic N) is 1. The van der Waals surface area contributed by atoms with E-state index in [9.17, 15) is 19.8 Å². The van der Waals surface area contributed by atoms with Crippen molar-refractivity contribution in [2.24, 2.45) is 5.92 Å². The lowest BCUT2D eigenvalue weighted by molar-refractivity contribution is 0.0481. The first-order chi connectivity index (χ1) is 14.4. The second-order valence-electron chi connectivity index (χ2n) is 8.63. The van der Waals surface area contributed by atoms with Crippen LogP contribution in [0.2, 0.25) is 0 Å². The number of phenolic OH excluding ortho intramolecular Hbond substituents is 1. The SMILES string of the molecule is COC(=O)c1c(C(NC(=O)OC(C)(C)C)C(C)C)noc1C(O)c1cc(C)ccc1O. The van der Waals surface area contributed by atoms with E-state index in [1.165, 1.54) is 13.2 Å². The predicted octanol–water partition coefficient (Wildman–Crippen LogP) is 3.78. The van der Waals surface area contributed by atoms with Crippen molar-refractivity contribution in [1.82, 2.24) is 10.5 Å². The molecule has 31 heavy (non-hydrogen) atoms. The Morgan fingerprint density at radius 3 is 2.42 bits per heavy atom. The van der Waals surface area contributed by atoms with Gasteiger partial charge in [-0.05, 0) is 45.7 Å². The van der Waals surface area contributed by atoms with Crippen molar-refractivity contribution in [2.45, 2.75) is 59.3 Å². The quantitative estimate of drug-likeness (QED) is 0.586. The molecule has 1 aromatic carbocycles. The number of aromatic nitrogens is 1. The van der Waals surface area contributed by atoms with Gasteiger partial charge in [-0.15, -0.1) is 0 Å². The molecular weight excluding hydrogens is 404 g/mol. The number of benzene rings is 1. The Hall–Kier alpha value is -3.07. The second-order valence-corrected chi connectivity index (χ2v) is 8.63. The zero-order valence-electron chi connectivity index (χ0n) is 18.8. The van der Waals surface area contributed by atoms with Gasteiger partial charge in [-0.3, -0.25) is 0 Å². The summed E-state index contributed by atoms with van der Waals surface area (Å²) >= 11 is 0. The fourth-order valence-electron chi connectivity index (χ4n) is 3.04. The maximum atomic E-state index is 12.6. The molecule has 0 aliphatic heterocycles. The lowest BCUT2D eigenvalue weighted by atomic mass is 9.94. The van der Waals surface area contributed by atoms with E-state index in [-0.39, 0.29) is 34.2 Å². The van der Waals surface area contributed by atoms with Crippen LogP contribution in [0, 0.1) is 12.8 Å².